The Kier molecular flexibility index (Phi) is 6.96. The Morgan fingerprint density at radius 1 is 1.09 bits per heavy atom. The summed E-state index contributed by atoms with van der Waals surface area (Å²) >= 11 is 2.84. The van der Waals surface area contributed by atoms with Gasteiger partial charge in [-0.2, -0.15) is 0 Å². The molecule has 0 bridgehead atoms. The van der Waals surface area contributed by atoms with Crippen LogP contribution in [0.5, 0.6) is 0 Å². The number of amides is 2. The third-order valence-corrected chi connectivity index (χ3v) is 7.05. The molecule has 166 valence electrons. The lowest BCUT2D eigenvalue weighted by molar-refractivity contribution is -0.115. The maximum absolute atomic E-state index is 12.2. The lowest BCUT2D eigenvalue weighted by Crippen LogP contribution is -2.14. The first-order chi connectivity index (χ1) is 15.5. The number of hydrogen-bond acceptors (Lipinski definition) is 9. The predicted octanol–water partition coefficient (Wildman–Crippen LogP) is 3.61. The zero-order valence-electron chi connectivity index (χ0n) is 17.6. The molecule has 4 rings (SSSR count). The van der Waals surface area contributed by atoms with Crippen molar-refractivity contribution in [1.29, 1.82) is 0 Å². The number of aromatic nitrogens is 5. The van der Waals surface area contributed by atoms with Crippen LogP contribution in [0, 0.1) is 5.92 Å². The van der Waals surface area contributed by atoms with Crippen molar-refractivity contribution in [3.63, 3.8) is 0 Å². The van der Waals surface area contributed by atoms with Gasteiger partial charge in [-0.15, -0.1) is 20.4 Å². The summed E-state index contributed by atoms with van der Waals surface area (Å²) in [7, 11) is 0. The van der Waals surface area contributed by atoms with Gasteiger partial charge in [0, 0.05) is 29.8 Å². The van der Waals surface area contributed by atoms with Gasteiger partial charge >= 0.3 is 0 Å². The minimum atomic E-state index is -0.243. The summed E-state index contributed by atoms with van der Waals surface area (Å²) in [5.74, 6) is 0.410. The van der Waals surface area contributed by atoms with Crippen LogP contribution in [0.2, 0.25) is 0 Å². The smallest absolute Gasteiger partial charge is 0.252 e. The fourth-order valence-electron chi connectivity index (χ4n) is 3.60. The highest BCUT2D eigenvalue weighted by atomic mass is 32.1. The molecule has 3 aromatic rings. The maximum Gasteiger partial charge on any atom is 0.252 e. The van der Waals surface area contributed by atoms with Crippen LogP contribution in [0.1, 0.15) is 47.8 Å². The molecule has 1 saturated carbocycles. The van der Waals surface area contributed by atoms with Gasteiger partial charge in [0.25, 0.3) is 5.91 Å². The summed E-state index contributed by atoms with van der Waals surface area (Å²) in [5.41, 5.74) is 1.15. The second-order valence-corrected chi connectivity index (χ2v) is 9.88. The average Bonchev–Trinajstić information content (AvgIpc) is 3.50. The number of nitrogens with zero attached hydrogens (tertiary/aromatic N) is 5. The second kappa shape index (κ2) is 10.0. The van der Waals surface area contributed by atoms with Gasteiger partial charge in [0.1, 0.15) is 10.0 Å². The monoisotopic (exact) mass is 469 g/mol. The van der Waals surface area contributed by atoms with E-state index >= 15 is 0 Å². The molecule has 9 nitrogen and oxygen atoms in total. The molecular weight excluding hydrogens is 446 g/mol. The molecule has 0 radical (unpaired) electrons. The van der Waals surface area contributed by atoms with E-state index in [0.29, 0.717) is 33.4 Å². The molecule has 1 aliphatic rings. The van der Waals surface area contributed by atoms with Crippen molar-refractivity contribution in [2.75, 3.05) is 10.6 Å². The Morgan fingerprint density at radius 2 is 1.91 bits per heavy atom. The molecule has 2 N–H and O–H groups in total. The maximum atomic E-state index is 12.2. The molecule has 0 aromatic carbocycles. The molecule has 3 heterocycles. The number of carbonyl (C=O) groups is 2. The minimum Gasteiger partial charge on any atom is -0.300 e. The topological polar surface area (TPSA) is 123 Å². The van der Waals surface area contributed by atoms with Gasteiger partial charge in [-0.1, -0.05) is 35.3 Å². The summed E-state index contributed by atoms with van der Waals surface area (Å²) < 4.78 is 0. The van der Waals surface area contributed by atoms with Crippen LogP contribution in [0.25, 0.3) is 0 Å². The standard InChI is InChI=1S/C21H23N7O2S2/c1-12(2)18(30)24-21-27-25-17(31-21)10-13-6-7-14(9-13)19-26-28-20(32-19)23-16(29)11-15-5-3-4-8-22-15/h3-5,8,13-14H,1,6-7,9-11H2,2H3,(H,23,28,29)(H,24,27,30). The molecule has 32 heavy (non-hydrogen) atoms. The second-order valence-electron chi connectivity index (χ2n) is 7.81. The van der Waals surface area contributed by atoms with E-state index in [9.17, 15) is 9.59 Å². The van der Waals surface area contributed by atoms with Crippen LogP contribution in [0.15, 0.2) is 36.5 Å². The van der Waals surface area contributed by atoms with E-state index in [-0.39, 0.29) is 18.2 Å². The Balaban J connectivity index is 1.27. The van der Waals surface area contributed by atoms with Crippen LogP contribution >= 0.6 is 22.7 Å². The first kappa shape index (κ1) is 22.2. The summed E-state index contributed by atoms with van der Waals surface area (Å²) in [5, 5.41) is 25.1. The van der Waals surface area contributed by atoms with Crippen molar-refractivity contribution in [1.82, 2.24) is 25.4 Å². The van der Waals surface area contributed by atoms with Crippen molar-refractivity contribution < 1.29 is 9.59 Å². The summed E-state index contributed by atoms with van der Waals surface area (Å²) in [6.45, 7) is 5.28. The van der Waals surface area contributed by atoms with Gasteiger partial charge in [0.2, 0.25) is 16.2 Å². The SMILES string of the molecule is C=C(C)C(=O)Nc1nnc(CC2CCC(c3nnc(NC(=O)Cc4ccccn4)s3)C2)s1. The number of rotatable bonds is 8. The quantitative estimate of drug-likeness (QED) is 0.483. The molecule has 2 amide bonds. The average molecular weight is 470 g/mol. The van der Waals surface area contributed by atoms with E-state index in [1.807, 2.05) is 18.2 Å². The van der Waals surface area contributed by atoms with Gasteiger partial charge in [-0.05, 0) is 44.2 Å². The number of hydrogen-bond donors (Lipinski definition) is 2. The molecule has 0 spiro atoms. The zero-order valence-corrected chi connectivity index (χ0v) is 19.2. The molecule has 11 heteroatoms. The van der Waals surface area contributed by atoms with E-state index in [0.717, 1.165) is 35.7 Å². The van der Waals surface area contributed by atoms with Gasteiger partial charge in [-0.3, -0.25) is 19.9 Å². The first-order valence-electron chi connectivity index (χ1n) is 10.3. The van der Waals surface area contributed by atoms with Crippen molar-refractivity contribution in [3.05, 3.63) is 52.3 Å². The normalized spacial score (nSPS) is 17.8. The van der Waals surface area contributed by atoms with Crippen molar-refractivity contribution >= 4 is 44.8 Å². The Labute approximate surface area is 193 Å². The zero-order chi connectivity index (χ0) is 22.5. The molecule has 0 saturated heterocycles. The molecule has 1 fully saturated rings. The number of anilines is 2. The third-order valence-electron chi connectivity index (χ3n) is 5.18. The van der Waals surface area contributed by atoms with Crippen molar-refractivity contribution in [3.8, 4) is 0 Å². The Bertz CT molecular complexity index is 1110. The van der Waals surface area contributed by atoms with Crippen LogP contribution in [-0.4, -0.2) is 37.2 Å². The van der Waals surface area contributed by atoms with Crippen LogP contribution in [-0.2, 0) is 22.4 Å². The van der Waals surface area contributed by atoms with E-state index in [1.54, 1.807) is 13.1 Å². The Morgan fingerprint density at radius 3 is 2.69 bits per heavy atom. The summed E-state index contributed by atoms with van der Waals surface area (Å²) in [6, 6.07) is 5.49. The van der Waals surface area contributed by atoms with E-state index in [2.05, 4.69) is 42.6 Å². The molecule has 2 unspecified atom stereocenters. The van der Waals surface area contributed by atoms with Gasteiger partial charge in [0.05, 0.1) is 6.42 Å². The van der Waals surface area contributed by atoms with Crippen LogP contribution < -0.4 is 10.6 Å². The number of nitrogens with one attached hydrogen (secondary N) is 2. The van der Waals surface area contributed by atoms with Gasteiger partial charge in [0.15, 0.2) is 0 Å². The summed E-state index contributed by atoms with van der Waals surface area (Å²) in [6.07, 6.45) is 5.78. The molecule has 1 aliphatic carbocycles. The minimum absolute atomic E-state index is 0.151. The number of pyridine rings is 1. The summed E-state index contributed by atoms with van der Waals surface area (Å²) in [4.78, 5) is 28.1. The molecule has 2 atom stereocenters. The fourth-order valence-corrected chi connectivity index (χ4v) is 5.36. The van der Waals surface area contributed by atoms with E-state index in [4.69, 9.17) is 0 Å². The van der Waals surface area contributed by atoms with Crippen LogP contribution in [0.3, 0.4) is 0 Å². The van der Waals surface area contributed by atoms with E-state index in [1.165, 1.54) is 22.7 Å². The molecule has 3 aromatic heterocycles. The number of carbonyl (C=O) groups excluding carboxylic acids is 2. The highest BCUT2D eigenvalue weighted by Gasteiger charge is 2.29. The lowest BCUT2D eigenvalue weighted by atomic mass is 10.0. The molecule has 0 aliphatic heterocycles. The highest BCUT2D eigenvalue weighted by molar-refractivity contribution is 7.15. The van der Waals surface area contributed by atoms with Gasteiger partial charge in [-0.25, -0.2) is 0 Å². The highest BCUT2D eigenvalue weighted by Crippen LogP contribution is 2.41. The third kappa shape index (κ3) is 5.80. The van der Waals surface area contributed by atoms with Gasteiger partial charge < -0.3 is 5.32 Å². The largest absolute Gasteiger partial charge is 0.300 e. The predicted molar refractivity (Wildman–Crippen MR) is 124 cm³/mol. The fraction of sp³-hybridized carbons (Fsp3) is 0.381. The Hall–Kier alpha value is -3.05. The first-order valence-corrected chi connectivity index (χ1v) is 11.9. The van der Waals surface area contributed by atoms with Crippen molar-refractivity contribution in [2.45, 2.75) is 44.9 Å². The lowest BCUT2D eigenvalue weighted by Gasteiger charge is -2.07. The van der Waals surface area contributed by atoms with Crippen LogP contribution in [0.4, 0.5) is 10.3 Å². The van der Waals surface area contributed by atoms with Crippen molar-refractivity contribution in [2.24, 2.45) is 5.92 Å². The van der Waals surface area contributed by atoms with E-state index < -0.39 is 0 Å². The molecular formula is C21H23N7O2S2.